The fourth-order valence-electron chi connectivity index (χ4n) is 0. The van der Waals surface area contributed by atoms with Gasteiger partial charge in [-0.1, -0.05) is 0 Å². The van der Waals surface area contributed by atoms with Gasteiger partial charge in [0, 0.05) is 118 Å². The average Bonchev–Trinajstić information content (AvgIpc) is 0. The van der Waals surface area contributed by atoms with Crippen LogP contribution in [0.3, 0.4) is 0 Å². The van der Waals surface area contributed by atoms with Crippen LogP contribution in [0.1, 0.15) is 0 Å². The second kappa shape index (κ2) is 52.0. The molecule has 0 saturated heterocycles. The van der Waals surface area contributed by atoms with Gasteiger partial charge in [-0.2, -0.15) is 0 Å². The normalized spacial score (nSPS) is 0. The van der Waals surface area contributed by atoms with E-state index in [1.54, 1.807) is 0 Å². The Morgan fingerprint density at radius 2 is 1.00 bits per heavy atom. The van der Waals surface area contributed by atoms with Crippen molar-refractivity contribution in [1.29, 1.82) is 0 Å². The van der Waals surface area contributed by atoms with Crippen molar-refractivity contribution in [3.05, 3.63) is 0 Å². The number of hydrogen-bond acceptors (Lipinski definition) is 0. The first kappa shape index (κ1) is 70.9. The molecular formula is H3BCoCrPdPtReTa. The van der Waals surface area contributed by atoms with E-state index in [0.29, 0.717) is 0 Å². The largest absolute Gasteiger partial charge is 0.0814 e. The topological polar surface area (TPSA) is 0 Å². The van der Waals surface area contributed by atoms with Gasteiger partial charge in [0.1, 0.15) is 0 Å². The Hall–Kier alpha value is 3.86. The molecule has 0 bridgehead atoms. The molecule has 0 aromatic heterocycles. The van der Waals surface area contributed by atoms with Crippen molar-refractivity contribution in [2.45, 2.75) is 0 Å². The van der Waals surface area contributed by atoms with Gasteiger partial charge in [-0.25, -0.2) is 0 Å². The van der Waals surface area contributed by atoms with E-state index in [1.165, 1.54) is 0 Å². The maximum atomic E-state index is 0. The Bertz CT molecular complexity index is 19.7. The number of rotatable bonds is 0. The van der Waals surface area contributed by atoms with Crippen molar-refractivity contribution < 1.29 is 118 Å². The van der Waals surface area contributed by atoms with Crippen LogP contribution in [-0.2, 0) is 118 Å². The van der Waals surface area contributed by atoms with E-state index < -0.39 is 0 Å². The van der Waals surface area contributed by atoms with Gasteiger partial charge in [0.05, 0.1) is 8.41 Å². The molecular weight excluding hydrogens is 790 g/mol. The minimum atomic E-state index is 0. The molecule has 0 fully saturated rings. The third kappa shape index (κ3) is 40.9. The van der Waals surface area contributed by atoms with E-state index in [0.717, 1.165) is 0 Å². The summed E-state index contributed by atoms with van der Waals surface area (Å²) in [5.41, 5.74) is 0. The Kier molecular flexibility index (Phi) is 526. The molecule has 0 aliphatic heterocycles. The van der Waals surface area contributed by atoms with Crippen molar-refractivity contribution in [2.24, 2.45) is 0 Å². The second-order valence-electron chi connectivity index (χ2n) is 0. The molecule has 0 N–H and O–H groups in total. The van der Waals surface area contributed by atoms with Crippen LogP contribution < -0.4 is 0 Å². The molecule has 53 valence electrons. The molecule has 0 aromatic carbocycles. The molecule has 7 heavy (non-hydrogen) atoms. The van der Waals surface area contributed by atoms with Crippen molar-refractivity contribution >= 4 is 8.41 Å². The van der Waals surface area contributed by atoms with Crippen molar-refractivity contribution in [2.75, 3.05) is 0 Å². The molecule has 0 unspecified atom stereocenters. The summed E-state index contributed by atoms with van der Waals surface area (Å²) < 4.78 is 0. The standard InChI is InChI=1S/BH3.Co.Cr.Pd.Pt.Re.Ta/h1H3;;;;;;. The van der Waals surface area contributed by atoms with Crippen LogP contribution in [0.5, 0.6) is 0 Å². The first-order valence-electron chi connectivity index (χ1n) is 0. The molecule has 0 spiro atoms. The average molecular weight is 793 g/mol. The first-order chi connectivity index (χ1) is 0. The maximum absolute atomic E-state index is 0. The maximum Gasteiger partial charge on any atom is 0.0814 e. The van der Waals surface area contributed by atoms with E-state index in [1.807, 2.05) is 0 Å². The summed E-state index contributed by atoms with van der Waals surface area (Å²) in [6, 6.07) is 0. The van der Waals surface area contributed by atoms with Crippen molar-refractivity contribution in [3.63, 3.8) is 0 Å². The SMILES string of the molecule is B.[Co].[Cr].[Pd].[Pt].[Re].[Ta]. The summed E-state index contributed by atoms with van der Waals surface area (Å²) >= 11 is 0. The Labute approximate surface area is 124 Å². The van der Waals surface area contributed by atoms with E-state index in [-0.39, 0.29) is 127 Å². The molecule has 0 amide bonds. The molecule has 0 aliphatic carbocycles. The monoisotopic (exact) mass is 794 g/mol. The molecule has 0 aliphatic rings. The van der Waals surface area contributed by atoms with Crippen LogP contribution in [0.4, 0.5) is 0 Å². The van der Waals surface area contributed by atoms with Gasteiger partial charge in [0.25, 0.3) is 0 Å². The van der Waals surface area contributed by atoms with Gasteiger partial charge in [-0.15, -0.1) is 0 Å². The van der Waals surface area contributed by atoms with Crippen LogP contribution in [0.25, 0.3) is 0 Å². The predicted octanol–water partition coefficient (Wildman–Crippen LogP) is -1.20. The smallest absolute Gasteiger partial charge is 0 e. The summed E-state index contributed by atoms with van der Waals surface area (Å²) in [5.74, 6) is 0. The van der Waals surface area contributed by atoms with Gasteiger partial charge < -0.3 is 0 Å². The van der Waals surface area contributed by atoms with E-state index in [2.05, 4.69) is 0 Å². The minimum Gasteiger partial charge on any atom is 0 e. The molecule has 0 rings (SSSR count). The summed E-state index contributed by atoms with van der Waals surface area (Å²) in [6.45, 7) is 0. The van der Waals surface area contributed by atoms with Crippen molar-refractivity contribution in [3.8, 4) is 0 Å². The summed E-state index contributed by atoms with van der Waals surface area (Å²) in [4.78, 5) is 0. The molecule has 0 heterocycles. The van der Waals surface area contributed by atoms with Gasteiger partial charge in [0.15, 0.2) is 0 Å². The zero-order valence-electron chi connectivity index (χ0n) is 2.20. The first-order valence-corrected chi connectivity index (χ1v) is 0. The van der Waals surface area contributed by atoms with Crippen LogP contribution in [-0.4, -0.2) is 8.41 Å². The fraction of sp³-hybridized carbons (Fsp3) is 0. The third-order valence-corrected chi connectivity index (χ3v) is 0. The van der Waals surface area contributed by atoms with Gasteiger partial charge in [-0.3, -0.25) is 0 Å². The van der Waals surface area contributed by atoms with E-state index in [9.17, 15) is 0 Å². The summed E-state index contributed by atoms with van der Waals surface area (Å²) in [5, 5.41) is 0. The zero-order chi connectivity index (χ0) is 0. The van der Waals surface area contributed by atoms with Crippen LogP contribution in [0.15, 0.2) is 0 Å². The second-order valence-corrected chi connectivity index (χ2v) is 0. The van der Waals surface area contributed by atoms with Crippen LogP contribution in [0.2, 0.25) is 0 Å². The molecule has 0 aromatic rings. The summed E-state index contributed by atoms with van der Waals surface area (Å²) in [6.07, 6.45) is 0. The third-order valence-electron chi connectivity index (χ3n) is 0. The van der Waals surface area contributed by atoms with Gasteiger partial charge in [-0.05, 0) is 0 Å². The predicted molar refractivity (Wildman–Crippen MR) is 9.94 cm³/mol. The molecule has 3 radical (unpaired) electrons. The minimum absolute atomic E-state index is 0. The Balaban J connectivity index is 0. The van der Waals surface area contributed by atoms with Crippen molar-refractivity contribution in [1.82, 2.24) is 0 Å². The molecule has 7 heteroatoms. The van der Waals surface area contributed by atoms with Gasteiger partial charge in [0.2, 0.25) is 0 Å². The zero-order valence-corrected chi connectivity index (χ0v) is 14.3. The number of hydrogen-bond donors (Lipinski definition) is 0. The van der Waals surface area contributed by atoms with Crippen LogP contribution >= 0.6 is 0 Å². The fourth-order valence-corrected chi connectivity index (χ4v) is 0. The molecule has 0 atom stereocenters. The van der Waals surface area contributed by atoms with E-state index in [4.69, 9.17) is 0 Å². The van der Waals surface area contributed by atoms with Crippen LogP contribution in [0, 0.1) is 0 Å². The van der Waals surface area contributed by atoms with E-state index >= 15 is 0 Å². The quantitative estimate of drug-likeness (QED) is 0.271. The molecule has 0 nitrogen and oxygen atoms in total. The Morgan fingerprint density at radius 3 is 1.00 bits per heavy atom. The summed E-state index contributed by atoms with van der Waals surface area (Å²) in [7, 11) is 0. The van der Waals surface area contributed by atoms with Gasteiger partial charge >= 0.3 is 0 Å². The Morgan fingerprint density at radius 1 is 1.00 bits per heavy atom. The molecule has 0 saturated carbocycles.